The minimum Gasteiger partial charge on any atom is -0.376 e. The van der Waals surface area contributed by atoms with E-state index in [1.165, 1.54) is 6.07 Å². The molecule has 0 unspecified atom stereocenters. The number of halogens is 1. The van der Waals surface area contributed by atoms with Crippen molar-refractivity contribution in [3.05, 3.63) is 45.7 Å². The van der Waals surface area contributed by atoms with Crippen molar-refractivity contribution in [1.82, 2.24) is 4.98 Å². The Morgan fingerprint density at radius 2 is 2.35 bits per heavy atom. The highest BCUT2D eigenvalue weighted by atomic mass is 32.1. The minimum atomic E-state index is -0.419. The van der Waals surface area contributed by atoms with Crippen LogP contribution in [0.15, 0.2) is 24.4 Å². The second kappa shape index (κ2) is 4.93. The Labute approximate surface area is 103 Å². The van der Waals surface area contributed by atoms with E-state index in [-0.39, 0.29) is 0 Å². The number of nitrogens with zero attached hydrogens (tertiary/aromatic N) is 2. The largest absolute Gasteiger partial charge is 0.376 e. The molecule has 0 spiro atoms. The van der Waals surface area contributed by atoms with E-state index < -0.39 is 5.82 Å². The SMILES string of the molecule is Cc1cnc(CNc2ccc(C#N)cc2F)s1. The van der Waals surface area contributed by atoms with Crippen LogP contribution in [0.3, 0.4) is 0 Å². The van der Waals surface area contributed by atoms with Gasteiger partial charge in [0.25, 0.3) is 0 Å². The molecule has 0 saturated heterocycles. The number of anilines is 1. The summed E-state index contributed by atoms with van der Waals surface area (Å²) in [5, 5.41) is 12.5. The number of aromatic nitrogens is 1. The van der Waals surface area contributed by atoms with Gasteiger partial charge in [-0.3, -0.25) is 0 Å². The molecule has 17 heavy (non-hydrogen) atoms. The lowest BCUT2D eigenvalue weighted by molar-refractivity contribution is 0.629. The molecule has 0 radical (unpaired) electrons. The molecule has 86 valence electrons. The number of hydrogen-bond acceptors (Lipinski definition) is 4. The molecule has 1 N–H and O–H groups in total. The Morgan fingerprint density at radius 1 is 1.53 bits per heavy atom. The van der Waals surface area contributed by atoms with Crippen LogP contribution >= 0.6 is 11.3 Å². The zero-order valence-corrected chi connectivity index (χ0v) is 10.0. The molecule has 3 nitrogen and oxygen atoms in total. The highest BCUT2D eigenvalue weighted by molar-refractivity contribution is 7.11. The van der Waals surface area contributed by atoms with Crippen molar-refractivity contribution < 1.29 is 4.39 Å². The number of nitrogens with one attached hydrogen (secondary N) is 1. The molecule has 1 aromatic carbocycles. The Morgan fingerprint density at radius 3 is 2.94 bits per heavy atom. The molecule has 0 aliphatic carbocycles. The van der Waals surface area contributed by atoms with Crippen molar-refractivity contribution in [3.8, 4) is 6.07 Å². The Bertz CT molecular complexity index is 571. The Balaban J connectivity index is 2.07. The first-order chi connectivity index (χ1) is 8.19. The second-order valence-electron chi connectivity index (χ2n) is 3.52. The van der Waals surface area contributed by atoms with Gasteiger partial charge in [-0.05, 0) is 25.1 Å². The van der Waals surface area contributed by atoms with Gasteiger partial charge in [-0.15, -0.1) is 11.3 Å². The lowest BCUT2D eigenvalue weighted by atomic mass is 10.2. The van der Waals surface area contributed by atoms with Crippen LogP contribution in [0.25, 0.3) is 0 Å². The van der Waals surface area contributed by atoms with E-state index in [0.717, 1.165) is 9.88 Å². The summed E-state index contributed by atoms with van der Waals surface area (Å²) in [6, 6.07) is 6.26. The summed E-state index contributed by atoms with van der Waals surface area (Å²) in [4.78, 5) is 5.30. The number of aryl methyl sites for hydroxylation is 1. The smallest absolute Gasteiger partial charge is 0.147 e. The average molecular weight is 247 g/mol. The molecule has 0 atom stereocenters. The molecule has 0 saturated carbocycles. The number of nitriles is 1. The van der Waals surface area contributed by atoms with Crippen LogP contribution in [0.4, 0.5) is 10.1 Å². The van der Waals surface area contributed by atoms with E-state index >= 15 is 0 Å². The van der Waals surface area contributed by atoms with Gasteiger partial charge in [-0.2, -0.15) is 5.26 Å². The van der Waals surface area contributed by atoms with Gasteiger partial charge in [0.2, 0.25) is 0 Å². The molecule has 0 bridgehead atoms. The second-order valence-corrected chi connectivity index (χ2v) is 4.84. The topological polar surface area (TPSA) is 48.7 Å². The number of rotatable bonds is 3. The van der Waals surface area contributed by atoms with Crippen molar-refractivity contribution in [3.63, 3.8) is 0 Å². The molecular weight excluding hydrogens is 237 g/mol. The average Bonchev–Trinajstić information content (AvgIpc) is 2.73. The highest BCUT2D eigenvalue weighted by Gasteiger charge is 2.04. The third-order valence-corrected chi connectivity index (χ3v) is 3.11. The van der Waals surface area contributed by atoms with E-state index in [2.05, 4.69) is 10.3 Å². The van der Waals surface area contributed by atoms with Crippen LogP contribution < -0.4 is 5.32 Å². The zero-order chi connectivity index (χ0) is 12.3. The standard InChI is InChI=1S/C12H10FN3S/c1-8-6-16-12(17-8)7-15-11-3-2-9(5-14)4-10(11)13/h2-4,6,15H,7H2,1H3. The third-order valence-electron chi connectivity index (χ3n) is 2.20. The minimum absolute atomic E-state index is 0.318. The Hall–Kier alpha value is -1.93. The first-order valence-electron chi connectivity index (χ1n) is 5.04. The first kappa shape index (κ1) is 11.6. The van der Waals surface area contributed by atoms with Gasteiger partial charge >= 0.3 is 0 Å². The third kappa shape index (κ3) is 2.80. The molecule has 2 aromatic rings. The summed E-state index contributed by atoms with van der Waals surface area (Å²) < 4.78 is 13.5. The van der Waals surface area contributed by atoms with Crippen LogP contribution in [0.5, 0.6) is 0 Å². The van der Waals surface area contributed by atoms with Gasteiger partial charge in [0.15, 0.2) is 0 Å². The molecule has 0 amide bonds. The predicted molar refractivity (Wildman–Crippen MR) is 65.3 cm³/mol. The summed E-state index contributed by atoms with van der Waals surface area (Å²) in [7, 11) is 0. The molecule has 0 aliphatic heterocycles. The number of thiazole rings is 1. The summed E-state index contributed by atoms with van der Waals surface area (Å²) in [6.07, 6.45) is 1.79. The fourth-order valence-electron chi connectivity index (χ4n) is 1.38. The van der Waals surface area contributed by atoms with Crippen molar-refractivity contribution in [2.24, 2.45) is 0 Å². The molecule has 1 aromatic heterocycles. The summed E-state index contributed by atoms with van der Waals surface area (Å²) >= 11 is 1.57. The molecule has 0 aliphatic rings. The maximum Gasteiger partial charge on any atom is 0.147 e. The van der Waals surface area contributed by atoms with Gasteiger partial charge < -0.3 is 5.32 Å². The Kier molecular flexibility index (Phi) is 3.35. The number of benzene rings is 1. The van der Waals surface area contributed by atoms with Crippen LogP contribution in [0.1, 0.15) is 15.4 Å². The normalized spacial score (nSPS) is 9.94. The summed E-state index contributed by atoms with van der Waals surface area (Å²) in [5.74, 6) is -0.419. The summed E-state index contributed by atoms with van der Waals surface area (Å²) in [5.41, 5.74) is 0.704. The van der Waals surface area contributed by atoms with E-state index in [1.807, 2.05) is 13.0 Å². The molecule has 1 heterocycles. The zero-order valence-electron chi connectivity index (χ0n) is 9.20. The predicted octanol–water partition coefficient (Wildman–Crippen LogP) is 3.07. The molecule has 0 fully saturated rings. The monoisotopic (exact) mass is 247 g/mol. The quantitative estimate of drug-likeness (QED) is 0.906. The van der Waals surface area contributed by atoms with E-state index in [1.54, 1.807) is 29.7 Å². The van der Waals surface area contributed by atoms with Crippen LogP contribution in [-0.4, -0.2) is 4.98 Å². The first-order valence-corrected chi connectivity index (χ1v) is 5.85. The highest BCUT2D eigenvalue weighted by Crippen LogP contribution is 2.18. The summed E-state index contributed by atoms with van der Waals surface area (Å²) in [6.45, 7) is 2.46. The van der Waals surface area contributed by atoms with Gasteiger partial charge in [0.1, 0.15) is 10.8 Å². The molecular formula is C12H10FN3S. The van der Waals surface area contributed by atoms with Crippen molar-refractivity contribution in [2.75, 3.05) is 5.32 Å². The van der Waals surface area contributed by atoms with Crippen molar-refractivity contribution in [2.45, 2.75) is 13.5 Å². The van der Waals surface area contributed by atoms with Crippen LogP contribution in [0.2, 0.25) is 0 Å². The van der Waals surface area contributed by atoms with E-state index in [0.29, 0.717) is 17.8 Å². The molecule has 5 heteroatoms. The van der Waals surface area contributed by atoms with Gasteiger partial charge in [0, 0.05) is 11.1 Å². The lowest BCUT2D eigenvalue weighted by Gasteiger charge is -2.05. The fraction of sp³-hybridized carbons (Fsp3) is 0.167. The van der Waals surface area contributed by atoms with Gasteiger partial charge in [0.05, 0.1) is 23.9 Å². The maximum atomic E-state index is 13.5. The van der Waals surface area contributed by atoms with Crippen molar-refractivity contribution in [1.29, 1.82) is 5.26 Å². The van der Waals surface area contributed by atoms with Crippen molar-refractivity contribution >= 4 is 17.0 Å². The van der Waals surface area contributed by atoms with Gasteiger partial charge in [-0.25, -0.2) is 9.37 Å². The fourth-order valence-corrected chi connectivity index (χ4v) is 2.11. The van der Waals surface area contributed by atoms with E-state index in [4.69, 9.17) is 5.26 Å². The van der Waals surface area contributed by atoms with Crippen LogP contribution in [0, 0.1) is 24.1 Å². The van der Waals surface area contributed by atoms with Gasteiger partial charge in [-0.1, -0.05) is 0 Å². The molecule has 2 rings (SSSR count). The number of hydrogen-bond donors (Lipinski definition) is 1. The van der Waals surface area contributed by atoms with E-state index in [9.17, 15) is 4.39 Å². The lowest BCUT2D eigenvalue weighted by Crippen LogP contribution is -2.01. The maximum absolute atomic E-state index is 13.5. The van der Waals surface area contributed by atoms with Crippen LogP contribution in [-0.2, 0) is 6.54 Å².